The highest BCUT2D eigenvalue weighted by atomic mass is 32.1. The number of benzene rings is 2. The minimum atomic E-state index is 0.628. The molecule has 0 spiro atoms. The molecule has 26 heavy (non-hydrogen) atoms. The Hall–Kier alpha value is -3.31. The van der Waals surface area contributed by atoms with Crippen molar-refractivity contribution in [1.29, 1.82) is 0 Å². The first-order valence-corrected chi connectivity index (χ1v) is 9.09. The molecule has 126 valence electrons. The summed E-state index contributed by atoms with van der Waals surface area (Å²) in [5.74, 6) is 0.628. The molecule has 4 nitrogen and oxygen atoms in total. The Kier molecular flexibility index (Phi) is 4.80. The number of hydrogen-bond donors (Lipinski definition) is 1. The third-order valence-electron chi connectivity index (χ3n) is 3.73. The van der Waals surface area contributed by atoms with Gasteiger partial charge in [-0.25, -0.2) is 9.97 Å². The third kappa shape index (κ3) is 3.84. The van der Waals surface area contributed by atoms with Crippen molar-refractivity contribution >= 4 is 46.6 Å². The number of nitrogens with zero attached hydrogens (tertiary/aromatic N) is 3. The Morgan fingerprint density at radius 3 is 2.35 bits per heavy atom. The molecule has 1 N–H and O–H groups in total. The fraction of sp³-hybridized carbons (Fsp3) is 0. The number of hydrazone groups is 1. The van der Waals surface area contributed by atoms with E-state index in [2.05, 4.69) is 27.0 Å². The van der Waals surface area contributed by atoms with Crippen LogP contribution in [0.3, 0.4) is 0 Å². The Morgan fingerprint density at radius 2 is 1.58 bits per heavy atom. The van der Waals surface area contributed by atoms with Gasteiger partial charge in [-0.2, -0.15) is 5.10 Å². The van der Waals surface area contributed by atoms with Crippen molar-refractivity contribution in [2.45, 2.75) is 0 Å². The van der Waals surface area contributed by atoms with Crippen LogP contribution < -0.4 is 5.43 Å². The minimum absolute atomic E-state index is 0.628. The first kappa shape index (κ1) is 16.2. The molecule has 0 fully saturated rings. The zero-order valence-electron chi connectivity index (χ0n) is 13.9. The molecular formula is C21H16N4S. The van der Waals surface area contributed by atoms with Crippen LogP contribution in [0.15, 0.2) is 77.2 Å². The van der Waals surface area contributed by atoms with Gasteiger partial charge in [-0.15, -0.1) is 11.3 Å². The van der Waals surface area contributed by atoms with Crippen molar-refractivity contribution < 1.29 is 0 Å². The summed E-state index contributed by atoms with van der Waals surface area (Å²) in [7, 11) is 0. The van der Waals surface area contributed by atoms with Gasteiger partial charge in [-0.1, -0.05) is 48.5 Å². The van der Waals surface area contributed by atoms with E-state index >= 15 is 0 Å². The molecule has 2 heterocycles. The smallest absolute Gasteiger partial charge is 0.173 e. The fourth-order valence-electron chi connectivity index (χ4n) is 2.47. The van der Waals surface area contributed by atoms with Crippen molar-refractivity contribution in [3.63, 3.8) is 0 Å². The molecule has 0 saturated carbocycles. The summed E-state index contributed by atoms with van der Waals surface area (Å²) >= 11 is 1.68. The van der Waals surface area contributed by atoms with Gasteiger partial charge in [0, 0.05) is 4.88 Å². The van der Waals surface area contributed by atoms with Crippen LogP contribution in [0, 0.1) is 0 Å². The van der Waals surface area contributed by atoms with Crippen LogP contribution in [0.25, 0.3) is 23.2 Å². The number of fused-ring (bicyclic) bond motifs is 1. The number of thiophene rings is 1. The summed E-state index contributed by atoms with van der Waals surface area (Å²) in [4.78, 5) is 10.6. The zero-order valence-corrected chi connectivity index (χ0v) is 14.7. The highest BCUT2D eigenvalue weighted by Crippen LogP contribution is 2.20. The monoisotopic (exact) mass is 356 g/mol. The van der Waals surface area contributed by atoms with Crippen LogP contribution in [-0.2, 0) is 0 Å². The molecular weight excluding hydrogens is 340 g/mol. The molecule has 2 aromatic heterocycles. The Bertz CT molecular complexity index is 1050. The van der Waals surface area contributed by atoms with Crippen LogP contribution in [0.4, 0.5) is 5.82 Å². The van der Waals surface area contributed by atoms with E-state index in [9.17, 15) is 0 Å². The lowest BCUT2D eigenvalue weighted by atomic mass is 10.2. The van der Waals surface area contributed by atoms with E-state index in [0.717, 1.165) is 22.3 Å². The van der Waals surface area contributed by atoms with Gasteiger partial charge < -0.3 is 0 Å². The molecule has 4 rings (SSSR count). The number of para-hydroxylation sites is 2. The van der Waals surface area contributed by atoms with Crippen LogP contribution in [0.5, 0.6) is 0 Å². The summed E-state index contributed by atoms with van der Waals surface area (Å²) in [6.45, 7) is 0. The van der Waals surface area contributed by atoms with Crippen molar-refractivity contribution in [2.75, 3.05) is 5.43 Å². The number of nitrogens with one attached hydrogen (secondary N) is 1. The number of rotatable bonds is 5. The SMILES string of the molecule is C(=C\c1nc2ccccc2nc1N/N=C/c1ccccc1)/c1cccs1. The second-order valence-corrected chi connectivity index (χ2v) is 6.55. The first-order chi connectivity index (χ1) is 12.9. The van der Waals surface area contributed by atoms with E-state index in [0.29, 0.717) is 5.82 Å². The Labute approximate surface area is 155 Å². The average Bonchev–Trinajstić information content (AvgIpc) is 3.21. The molecule has 0 saturated heterocycles. The molecule has 0 aliphatic heterocycles. The maximum Gasteiger partial charge on any atom is 0.173 e. The van der Waals surface area contributed by atoms with Gasteiger partial charge in [0.1, 0.15) is 5.69 Å². The van der Waals surface area contributed by atoms with Crippen molar-refractivity contribution in [3.8, 4) is 0 Å². The minimum Gasteiger partial charge on any atom is -0.260 e. The van der Waals surface area contributed by atoms with Gasteiger partial charge in [0.2, 0.25) is 0 Å². The largest absolute Gasteiger partial charge is 0.260 e. The normalized spacial score (nSPS) is 11.5. The molecule has 0 aliphatic carbocycles. The summed E-state index contributed by atoms with van der Waals surface area (Å²) in [5.41, 5.74) is 6.49. The Balaban J connectivity index is 1.66. The summed E-state index contributed by atoms with van der Waals surface area (Å²) in [5, 5.41) is 6.37. The van der Waals surface area contributed by atoms with Crippen molar-refractivity contribution in [3.05, 3.63) is 88.2 Å². The maximum absolute atomic E-state index is 4.72. The van der Waals surface area contributed by atoms with Crippen LogP contribution in [0.1, 0.15) is 16.1 Å². The highest BCUT2D eigenvalue weighted by Gasteiger charge is 2.06. The van der Waals surface area contributed by atoms with Crippen LogP contribution in [0.2, 0.25) is 0 Å². The predicted molar refractivity (Wildman–Crippen MR) is 110 cm³/mol. The number of anilines is 1. The Morgan fingerprint density at radius 1 is 0.808 bits per heavy atom. The van der Waals surface area contributed by atoms with Gasteiger partial charge in [0.05, 0.1) is 17.2 Å². The van der Waals surface area contributed by atoms with E-state index in [1.165, 1.54) is 4.88 Å². The molecule has 0 aliphatic rings. The fourth-order valence-corrected chi connectivity index (χ4v) is 3.08. The zero-order chi connectivity index (χ0) is 17.6. The summed E-state index contributed by atoms with van der Waals surface area (Å²) in [6, 6.07) is 21.8. The molecule has 5 heteroatoms. The van der Waals surface area contributed by atoms with Crippen LogP contribution in [-0.4, -0.2) is 16.2 Å². The quantitative estimate of drug-likeness (QED) is 0.389. The second-order valence-electron chi connectivity index (χ2n) is 5.58. The predicted octanol–water partition coefficient (Wildman–Crippen LogP) is 5.31. The third-order valence-corrected chi connectivity index (χ3v) is 4.57. The molecule has 0 bridgehead atoms. The van der Waals surface area contributed by atoms with Gasteiger partial charge in [-0.05, 0) is 41.3 Å². The van der Waals surface area contributed by atoms with Gasteiger partial charge >= 0.3 is 0 Å². The topological polar surface area (TPSA) is 50.2 Å². The van der Waals surface area contributed by atoms with Crippen molar-refractivity contribution in [2.24, 2.45) is 5.10 Å². The highest BCUT2D eigenvalue weighted by molar-refractivity contribution is 7.10. The van der Waals surface area contributed by atoms with Crippen LogP contribution >= 0.6 is 11.3 Å². The molecule has 0 atom stereocenters. The van der Waals surface area contributed by atoms with E-state index in [4.69, 9.17) is 4.98 Å². The molecule has 0 radical (unpaired) electrons. The van der Waals surface area contributed by atoms with Gasteiger partial charge in [0.15, 0.2) is 5.82 Å². The van der Waals surface area contributed by atoms with E-state index in [1.807, 2.05) is 72.8 Å². The summed E-state index contributed by atoms with van der Waals surface area (Å²) < 4.78 is 0. The first-order valence-electron chi connectivity index (χ1n) is 8.21. The molecule has 2 aromatic carbocycles. The van der Waals surface area contributed by atoms with Gasteiger partial charge in [-0.3, -0.25) is 5.43 Å². The maximum atomic E-state index is 4.72. The lowest BCUT2D eigenvalue weighted by Crippen LogP contribution is -1.99. The van der Waals surface area contributed by atoms with E-state index < -0.39 is 0 Å². The van der Waals surface area contributed by atoms with E-state index in [-0.39, 0.29) is 0 Å². The lowest BCUT2D eigenvalue weighted by molar-refractivity contribution is 1.20. The molecule has 0 amide bonds. The second kappa shape index (κ2) is 7.72. The molecule has 0 unspecified atom stereocenters. The van der Waals surface area contributed by atoms with E-state index in [1.54, 1.807) is 17.6 Å². The number of aromatic nitrogens is 2. The summed E-state index contributed by atoms with van der Waals surface area (Å²) in [6.07, 6.45) is 5.77. The lowest BCUT2D eigenvalue weighted by Gasteiger charge is -2.06. The number of hydrogen-bond acceptors (Lipinski definition) is 5. The molecule has 4 aromatic rings. The van der Waals surface area contributed by atoms with Crippen molar-refractivity contribution in [1.82, 2.24) is 9.97 Å². The van der Waals surface area contributed by atoms with Gasteiger partial charge in [0.25, 0.3) is 0 Å². The average molecular weight is 356 g/mol. The standard InChI is InChI=1S/C21H16N4S/c1-2-7-16(8-3-1)15-22-25-21-20(13-12-17-9-6-14-26-17)23-18-10-4-5-11-19(18)24-21/h1-15H,(H,24,25)/b13-12+,22-15+.